The Morgan fingerprint density at radius 2 is 1.83 bits per heavy atom. The molecule has 0 aliphatic rings. The molecule has 0 aromatic heterocycles. The first-order valence-corrected chi connectivity index (χ1v) is 8.05. The van der Waals surface area contributed by atoms with Gasteiger partial charge < -0.3 is 15.5 Å². The highest BCUT2D eigenvalue weighted by Gasteiger charge is 2.06. The predicted octanol–water partition coefficient (Wildman–Crippen LogP) is 5.13. The molecule has 0 unspecified atom stereocenters. The monoisotopic (exact) mass is 323 g/mol. The van der Waals surface area contributed by atoms with Crippen LogP contribution in [-0.4, -0.2) is 17.3 Å². The second-order valence-corrected chi connectivity index (χ2v) is 6.18. The van der Waals surface area contributed by atoms with Crippen molar-refractivity contribution in [1.29, 1.82) is 0 Å². The smallest absolute Gasteiger partial charge is 0.138 e. The Labute approximate surface area is 144 Å². The van der Waals surface area contributed by atoms with Crippen molar-refractivity contribution >= 4 is 17.8 Å². The van der Waals surface area contributed by atoms with Gasteiger partial charge in [-0.15, -0.1) is 0 Å². The van der Waals surface area contributed by atoms with Gasteiger partial charge in [0.05, 0.1) is 5.69 Å². The van der Waals surface area contributed by atoms with E-state index < -0.39 is 0 Å². The van der Waals surface area contributed by atoms with Gasteiger partial charge in [-0.05, 0) is 73.7 Å². The molecular weight excluding hydrogens is 298 g/mol. The molecule has 3 heteroatoms. The van der Waals surface area contributed by atoms with Crippen LogP contribution in [0, 0.1) is 6.92 Å². The topological polar surface area (TPSA) is 52.5 Å². The zero-order chi connectivity index (χ0) is 17.7. The molecular formula is C21H25NO2. The minimum atomic E-state index is 0.229. The summed E-state index contributed by atoms with van der Waals surface area (Å²) in [7, 11) is 1.78. The first-order valence-electron chi connectivity index (χ1n) is 8.05. The maximum Gasteiger partial charge on any atom is 0.138 e. The van der Waals surface area contributed by atoms with E-state index in [4.69, 9.17) is 0 Å². The minimum Gasteiger partial charge on any atom is -0.508 e. The van der Waals surface area contributed by atoms with Crippen LogP contribution in [0.2, 0.25) is 0 Å². The van der Waals surface area contributed by atoms with Gasteiger partial charge in [-0.25, -0.2) is 0 Å². The summed E-state index contributed by atoms with van der Waals surface area (Å²) < 4.78 is 0. The lowest BCUT2D eigenvalue weighted by atomic mass is 9.96. The van der Waals surface area contributed by atoms with Gasteiger partial charge in [-0.3, -0.25) is 0 Å². The van der Waals surface area contributed by atoms with Crippen LogP contribution in [0.15, 0.2) is 42.0 Å². The number of phenols is 2. The van der Waals surface area contributed by atoms with Crippen LogP contribution in [0.5, 0.6) is 11.5 Å². The maximum atomic E-state index is 9.92. The van der Waals surface area contributed by atoms with Crippen molar-refractivity contribution in [3.05, 3.63) is 64.2 Å². The molecule has 0 bridgehead atoms. The average molecular weight is 323 g/mol. The summed E-state index contributed by atoms with van der Waals surface area (Å²) >= 11 is 0. The largest absolute Gasteiger partial charge is 0.508 e. The van der Waals surface area contributed by atoms with E-state index in [0.29, 0.717) is 5.69 Å². The summed E-state index contributed by atoms with van der Waals surface area (Å²) in [5.74, 6) is 0.502. The second-order valence-electron chi connectivity index (χ2n) is 6.18. The molecule has 2 rings (SSSR count). The molecule has 24 heavy (non-hydrogen) atoms. The molecule has 0 spiro atoms. The van der Waals surface area contributed by atoms with Gasteiger partial charge in [0.15, 0.2) is 0 Å². The molecule has 2 aromatic rings. The van der Waals surface area contributed by atoms with Gasteiger partial charge in [-0.1, -0.05) is 29.9 Å². The van der Waals surface area contributed by atoms with Crippen molar-refractivity contribution in [1.82, 2.24) is 0 Å². The van der Waals surface area contributed by atoms with Crippen molar-refractivity contribution in [3.63, 3.8) is 0 Å². The molecule has 2 aromatic carbocycles. The van der Waals surface area contributed by atoms with Crippen LogP contribution in [0.1, 0.15) is 36.1 Å². The number of hydrogen-bond donors (Lipinski definition) is 3. The Morgan fingerprint density at radius 1 is 1.08 bits per heavy atom. The van der Waals surface area contributed by atoms with E-state index in [1.165, 1.54) is 11.1 Å². The third-order valence-electron chi connectivity index (χ3n) is 3.95. The second kappa shape index (κ2) is 7.73. The molecule has 0 atom stereocenters. The van der Waals surface area contributed by atoms with Gasteiger partial charge in [-0.2, -0.15) is 0 Å². The van der Waals surface area contributed by atoms with E-state index in [2.05, 4.69) is 25.2 Å². The maximum absolute atomic E-state index is 9.92. The van der Waals surface area contributed by atoms with Gasteiger partial charge in [0, 0.05) is 7.05 Å². The number of allylic oxidation sites excluding steroid dienone is 2. The van der Waals surface area contributed by atoms with Crippen LogP contribution in [0.3, 0.4) is 0 Å². The Balaban J connectivity index is 2.39. The molecule has 3 nitrogen and oxygen atoms in total. The van der Waals surface area contributed by atoms with E-state index in [1.807, 2.05) is 31.2 Å². The summed E-state index contributed by atoms with van der Waals surface area (Å²) in [6.07, 6.45) is 7.02. The summed E-state index contributed by atoms with van der Waals surface area (Å²) in [6.45, 7) is 6.19. The number of aromatic hydroxyl groups is 2. The predicted molar refractivity (Wildman–Crippen MR) is 103 cm³/mol. The van der Waals surface area contributed by atoms with E-state index in [1.54, 1.807) is 25.2 Å². The van der Waals surface area contributed by atoms with Gasteiger partial charge >= 0.3 is 0 Å². The van der Waals surface area contributed by atoms with E-state index in [-0.39, 0.29) is 11.5 Å². The Hall–Kier alpha value is -2.68. The number of hydrogen-bond acceptors (Lipinski definition) is 3. The molecule has 0 aliphatic heterocycles. The molecule has 0 aliphatic carbocycles. The normalized spacial score (nSPS) is 10.8. The quantitative estimate of drug-likeness (QED) is 0.406. The average Bonchev–Trinajstić information content (AvgIpc) is 2.52. The first kappa shape index (κ1) is 17.7. The highest BCUT2D eigenvalue weighted by Crippen LogP contribution is 2.27. The Morgan fingerprint density at radius 3 is 2.50 bits per heavy atom. The van der Waals surface area contributed by atoms with Crippen molar-refractivity contribution in [2.45, 2.75) is 27.2 Å². The molecule has 0 saturated heterocycles. The first-order chi connectivity index (χ1) is 11.4. The number of rotatable bonds is 5. The van der Waals surface area contributed by atoms with Crippen LogP contribution < -0.4 is 5.32 Å². The van der Waals surface area contributed by atoms with Crippen LogP contribution in [-0.2, 0) is 6.42 Å². The number of nitrogens with one attached hydrogen (secondary N) is 1. The fourth-order valence-corrected chi connectivity index (χ4v) is 2.60. The SMILES string of the molecule is CNc1cc(/C=C/c2cc(O)cc(C)c2CC=C(C)C)ccc1O. The number of benzene rings is 2. The number of phenolic OH excluding ortho intramolecular Hbond substituents is 2. The summed E-state index contributed by atoms with van der Waals surface area (Å²) in [4.78, 5) is 0. The minimum absolute atomic E-state index is 0.229. The molecule has 0 radical (unpaired) electrons. The van der Waals surface area contributed by atoms with E-state index >= 15 is 0 Å². The van der Waals surface area contributed by atoms with Gasteiger partial charge in [0.1, 0.15) is 11.5 Å². The molecule has 3 N–H and O–H groups in total. The lowest BCUT2D eigenvalue weighted by molar-refractivity contribution is 0.474. The number of aryl methyl sites for hydroxylation is 1. The molecule has 0 heterocycles. The molecule has 0 fully saturated rings. The standard InChI is InChI=1S/C21H25NO2/c1-14(2)5-9-19-15(3)11-18(23)13-17(19)8-6-16-7-10-21(24)20(12-16)22-4/h5-8,10-13,22-24H,9H2,1-4H3/b8-6+. The zero-order valence-corrected chi connectivity index (χ0v) is 14.7. The number of anilines is 1. The van der Waals surface area contributed by atoms with Crippen LogP contribution in [0.25, 0.3) is 12.2 Å². The Kier molecular flexibility index (Phi) is 5.69. The van der Waals surface area contributed by atoms with Crippen LogP contribution >= 0.6 is 0 Å². The zero-order valence-electron chi connectivity index (χ0n) is 14.7. The van der Waals surface area contributed by atoms with Crippen molar-refractivity contribution < 1.29 is 10.2 Å². The van der Waals surface area contributed by atoms with Crippen molar-refractivity contribution in [2.24, 2.45) is 0 Å². The lowest BCUT2D eigenvalue weighted by Crippen LogP contribution is -1.93. The molecule has 126 valence electrons. The van der Waals surface area contributed by atoms with Crippen LogP contribution in [0.4, 0.5) is 5.69 Å². The van der Waals surface area contributed by atoms with E-state index in [9.17, 15) is 10.2 Å². The molecule has 0 amide bonds. The highest BCUT2D eigenvalue weighted by molar-refractivity contribution is 5.75. The van der Waals surface area contributed by atoms with Crippen molar-refractivity contribution in [2.75, 3.05) is 12.4 Å². The fraction of sp³-hybridized carbons (Fsp3) is 0.238. The summed E-state index contributed by atoms with van der Waals surface area (Å²) in [6, 6.07) is 9.00. The highest BCUT2D eigenvalue weighted by atomic mass is 16.3. The summed E-state index contributed by atoms with van der Waals surface area (Å²) in [5.41, 5.74) is 6.23. The fourth-order valence-electron chi connectivity index (χ4n) is 2.60. The van der Waals surface area contributed by atoms with E-state index in [0.717, 1.165) is 23.1 Å². The molecule has 0 saturated carbocycles. The lowest BCUT2D eigenvalue weighted by Gasteiger charge is -2.10. The third kappa shape index (κ3) is 4.42. The Bertz CT molecular complexity index is 785. The van der Waals surface area contributed by atoms with Gasteiger partial charge in [0.25, 0.3) is 0 Å². The van der Waals surface area contributed by atoms with Crippen molar-refractivity contribution in [3.8, 4) is 11.5 Å². The third-order valence-corrected chi connectivity index (χ3v) is 3.95. The summed E-state index contributed by atoms with van der Waals surface area (Å²) in [5, 5.41) is 22.6. The van der Waals surface area contributed by atoms with Gasteiger partial charge in [0.2, 0.25) is 0 Å².